The van der Waals surface area contributed by atoms with Gasteiger partial charge in [0.2, 0.25) is 0 Å². The quantitative estimate of drug-likeness (QED) is 0.670. The van der Waals surface area contributed by atoms with Crippen molar-refractivity contribution in [1.29, 1.82) is 0 Å². The van der Waals surface area contributed by atoms with Crippen LogP contribution < -0.4 is 0 Å². The summed E-state index contributed by atoms with van der Waals surface area (Å²) in [5.74, 6) is 0. The van der Waals surface area contributed by atoms with Gasteiger partial charge < -0.3 is 13.8 Å². The first-order valence-corrected chi connectivity index (χ1v) is 3.59. The maximum Gasteiger partial charge on any atom is 0.135 e. The van der Waals surface area contributed by atoms with Gasteiger partial charge in [-0.15, -0.1) is 0 Å². The Balaban J connectivity index is 0.000000251. The fourth-order valence-corrected chi connectivity index (χ4v) is 0.689. The number of ether oxygens (including phenoxy) is 1. The largest absolute Gasteiger partial charge is 0.388 e. The fraction of sp³-hybridized carbons (Fsp3) is 0.250. The van der Waals surface area contributed by atoms with Crippen LogP contribution in [0.15, 0.2) is 33.7 Å². The zero-order valence-corrected chi connectivity index (χ0v) is 7.43. The summed E-state index contributed by atoms with van der Waals surface area (Å²) in [7, 11) is 3.25. The van der Waals surface area contributed by atoms with E-state index in [1.165, 1.54) is 12.5 Å². The van der Waals surface area contributed by atoms with Gasteiger partial charge in [0, 0.05) is 26.4 Å². The predicted octanol–water partition coefficient (Wildman–Crippen LogP) is 1.59. The lowest BCUT2D eigenvalue weighted by Crippen LogP contribution is -1.72. The summed E-state index contributed by atoms with van der Waals surface area (Å²) < 4.78 is 13.5. The molecule has 0 amide bonds. The number of aromatic nitrogens is 2. The molecule has 13 heavy (non-hydrogen) atoms. The summed E-state index contributed by atoms with van der Waals surface area (Å²) in [6.45, 7) is 0. The van der Waals surface area contributed by atoms with Crippen LogP contribution in [-0.4, -0.2) is 24.5 Å². The number of hydrogen-bond donors (Lipinski definition) is 0. The van der Waals surface area contributed by atoms with E-state index in [1.807, 2.05) is 0 Å². The molecule has 0 radical (unpaired) electrons. The summed E-state index contributed by atoms with van der Waals surface area (Å²) in [5, 5.41) is 7.32. The normalized spacial score (nSPS) is 9.08. The van der Waals surface area contributed by atoms with E-state index >= 15 is 0 Å². The molecule has 0 aliphatic carbocycles. The number of rotatable bonds is 1. The van der Waals surface area contributed by atoms with Crippen LogP contribution in [0.25, 0.3) is 11.4 Å². The molecule has 5 heteroatoms. The molecule has 70 valence electrons. The van der Waals surface area contributed by atoms with Crippen LogP contribution in [0.2, 0.25) is 0 Å². The summed E-state index contributed by atoms with van der Waals surface area (Å²) >= 11 is 0. The van der Waals surface area contributed by atoms with Crippen LogP contribution in [0.3, 0.4) is 0 Å². The minimum Gasteiger partial charge on any atom is -0.388 e. The first-order chi connectivity index (χ1) is 6.38. The highest BCUT2D eigenvalue weighted by atomic mass is 16.5. The van der Waals surface area contributed by atoms with E-state index in [4.69, 9.17) is 0 Å². The molecular weight excluding hydrogens is 172 g/mol. The summed E-state index contributed by atoms with van der Waals surface area (Å²) in [4.78, 5) is 0. The van der Waals surface area contributed by atoms with E-state index in [0.717, 1.165) is 0 Å². The van der Waals surface area contributed by atoms with Crippen LogP contribution in [0, 0.1) is 0 Å². The summed E-state index contributed by atoms with van der Waals surface area (Å²) in [6, 6.07) is 3.44. The molecule has 0 fully saturated rings. The maximum absolute atomic E-state index is 4.61. The van der Waals surface area contributed by atoms with Crippen LogP contribution in [0.4, 0.5) is 0 Å². The summed E-state index contributed by atoms with van der Waals surface area (Å²) in [6.07, 6.45) is 2.98. The Morgan fingerprint density at radius 1 is 1.00 bits per heavy atom. The molecular formula is C8H10N2O3. The molecule has 2 rings (SSSR count). The van der Waals surface area contributed by atoms with Gasteiger partial charge in [-0.2, -0.15) is 0 Å². The van der Waals surface area contributed by atoms with Gasteiger partial charge in [-0.3, -0.25) is 0 Å². The first kappa shape index (κ1) is 9.47. The van der Waals surface area contributed by atoms with Crippen molar-refractivity contribution < 1.29 is 13.8 Å². The topological polar surface area (TPSA) is 61.3 Å². The van der Waals surface area contributed by atoms with Gasteiger partial charge in [-0.05, 0) is 0 Å². The van der Waals surface area contributed by atoms with Gasteiger partial charge >= 0.3 is 0 Å². The molecule has 2 aromatic heterocycles. The van der Waals surface area contributed by atoms with Crippen LogP contribution in [0.1, 0.15) is 0 Å². The smallest absolute Gasteiger partial charge is 0.135 e. The van der Waals surface area contributed by atoms with Gasteiger partial charge in [0.25, 0.3) is 0 Å². The molecule has 5 nitrogen and oxygen atoms in total. The first-order valence-electron chi connectivity index (χ1n) is 3.59. The molecule has 0 aliphatic heterocycles. The van der Waals surface area contributed by atoms with Crippen molar-refractivity contribution in [2.24, 2.45) is 0 Å². The third kappa shape index (κ3) is 2.72. The number of nitrogens with zero attached hydrogens (tertiary/aromatic N) is 2. The highest BCUT2D eigenvalue weighted by molar-refractivity contribution is 5.50. The molecule has 0 saturated heterocycles. The molecule has 0 saturated carbocycles. The molecule has 2 heterocycles. The third-order valence-electron chi connectivity index (χ3n) is 1.14. The van der Waals surface area contributed by atoms with Crippen molar-refractivity contribution >= 4 is 0 Å². The molecule has 0 bridgehead atoms. The molecule has 0 unspecified atom stereocenters. The Morgan fingerprint density at radius 3 is 1.62 bits per heavy atom. The Bertz CT molecular complexity index is 270. The third-order valence-corrected chi connectivity index (χ3v) is 1.14. The highest BCUT2D eigenvalue weighted by Gasteiger charge is 2.01. The molecule has 0 aromatic carbocycles. The minimum absolute atomic E-state index is 0.689. The summed E-state index contributed by atoms with van der Waals surface area (Å²) in [5.41, 5.74) is 1.38. The lowest BCUT2D eigenvalue weighted by atomic mass is 10.3. The Kier molecular flexibility index (Phi) is 3.72. The van der Waals surface area contributed by atoms with Gasteiger partial charge in [0.05, 0.1) is 0 Å². The van der Waals surface area contributed by atoms with Crippen LogP contribution >= 0.6 is 0 Å². The van der Waals surface area contributed by atoms with Gasteiger partial charge in [-0.25, -0.2) is 0 Å². The monoisotopic (exact) mass is 182 g/mol. The van der Waals surface area contributed by atoms with Gasteiger partial charge in [0.1, 0.15) is 23.9 Å². The SMILES string of the molecule is COC.c1cc(-c2ccon2)no1. The minimum atomic E-state index is 0.689. The fourth-order valence-electron chi connectivity index (χ4n) is 0.689. The Hall–Kier alpha value is -1.62. The van der Waals surface area contributed by atoms with E-state index < -0.39 is 0 Å². The second-order valence-electron chi connectivity index (χ2n) is 2.18. The van der Waals surface area contributed by atoms with E-state index in [0.29, 0.717) is 11.4 Å². The Morgan fingerprint density at radius 2 is 1.38 bits per heavy atom. The molecule has 0 aliphatic rings. The second kappa shape index (κ2) is 5.10. The van der Waals surface area contributed by atoms with Crippen molar-refractivity contribution in [2.45, 2.75) is 0 Å². The van der Waals surface area contributed by atoms with Crippen LogP contribution in [-0.2, 0) is 4.74 Å². The van der Waals surface area contributed by atoms with Crippen molar-refractivity contribution in [1.82, 2.24) is 10.3 Å². The molecule has 2 aromatic rings. The zero-order valence-electron chi connectivity index (χ0n) is 7.43. The van der Waals surface area contributed by atoms with E-state index in [2.05, 4.69) is 24.1 Å². The van der Waals surface area contributed by atoms with Crippen molar-refractivity contribution in [3.8, 4) is 11.4 Å². The van der Waals surface area contributed by atoms with Crippen molar-refractivity contribution in [3.63, 3.8) is 0 Å². The second-order valence-corrected chi connectivity index (χ2v) is 2.18. The molecule has 0 atom stereocenters. The lowest BCUT2D eigenvalue weighted by molar-refractivity contribution is 0.277. The standard InChI is InChI=1S/C6H4N2O2.C2H6O/c1-3-9-7-5(1)6-2-4-10-8-6;1-3-2/h1-4H;1-2H3. The van der Waals surface area contributed by atoms with Gasteiger partial charge in [0.15, 0.2) is 0 Å². The van der Waals surface area contributed by atoms with Crippen molar-refractivity contribution in [2.75, 3.05) is 14.2 Å². The van der Waals surface area contributed by atoms with E-state index in [9.17, 15) is 0 Å². The zero-order chi connectivity index (χ0) is 9.52. The number of hydrogen-bond acceptors (Lipinski definition) is 5. The van der Waals surface area contributed by atoms with E-state index in [1.54, 1.807) is 26.4 Å². The Labute approximate surface area is 75.3 Å². The molecule has 0 N–H and O–H groups in total. The average Bonchev–Trinajstić information content (AvgIpc) is 2.78. The van der Waals surface area contributed by atoms with E-state index in [-0.39, 0.29) is 0 Å². The highest BCUT2D eigenvalue weighted by Crippen LogP contribution is 2.12. The predicted molar refractivity (Wildman–Crippen MR) is 44.9 cm³/mol. The lowest BCUT2D eigenvalue weighted by Gasteiger charge is -1.78. The average molecular weight is 182 g/mol. The molecule has 0 spiro atoms. The van der Waals surface area contributed by atoms with Crippen LogP contribution in [0.5, 0.6) is 0 Å². The maximum atomic E-state index is 4.61. The van der Waals surface area contributed by atoms with Crippen molar-refractivity contribution in [3.05, 3.63) is 24.7 Å². The van der Waals surface area contributed by atoms with Gasteiger partial charge in [-0.1, -0.05) is 10.3 Å². The number of methoxy groups -OCH3 is 1.